The van der Waals surface area contributed by atoms with E-state index in [-0.39, 0.29) is 17.1 Å². The number of likely N-dealkylation sites (N-methyl/N-ethyl adjacent to an activating group) is 2. The lowest BCUT2D eigenvalue weighted by atomic mass is 10.0. The van der Waals surface area contributed by atoms with Crippen molar-refractivity contribution in [3.8, 4) is 0 Å². The predicted molar refractivity (Wildman–Crippen MR) is 79.7 cm³/mol. The Bertz CT molecular complexity index is 496. The average molecular weight is 298 g/mol. The summed E-state index contributed by atoms with van der Waals surface area (Å²) in [5.41, 5.74) is 2.91. The molecule has 0 aliphatic carbocycles. The molecule has 1 amide bonds. The number of carbonyl (C=O) groups is 1. The lowest BCUT2D eigenvalue weighted by molar-refractivity contribution is 0.0644. The zero-order valence-electron chi connectivity index (χ0n) is 11.8. The molecular weight excluding hydrogens is 278 g/mol. The molecule has 0 aromatic carbocycles. The third-order valence-corrected chi connectivity index (χ3v) is 3.85. The highest BCUT2D eigenvalue weighted by Crippen LogP contribution is 2.19. The Morgan fingerprint density at radius 1 is 1.60 bits per heavy atom. The number of carbonyl (C=O) groups excluding carboxylic acids is 1. The molecule has 0 bridgehead atoms. The molecular formula is C13H20ClN5O. The fraction of sp³-hybridized carbons (Fsp3) is 0.538. The van der Waals surface area contributed by atoms with Crippen LogP contribution < -0.4 is 11.3 Å². The van der Waals surface area contributed by atoms with Crippen molar-refractivity contribution in [1.29, 1.82) is 0 Å². The number of pyridine rings is 1. The van der Waals surface area contributed by atoms with Crippen molar-refractivity contribution >= 4 is 23.3 Å². The van der Waals surface area contributed by atoms with E-state index >= 15 is 0 Å². The Hall–Kier alpha value is -1.37. The number of aromatic nitrogens is 1. The Morgan fingerprint density at radius 3 is 3.00 bits per heavy atom. The molecule has 2 rings (SSSR count). The number of hydrogen-bond donors (Lipinski definition) is 2. The molecule has 20 heavy (non-hydrogen) atoms. The first-order chi connectivity index (χ1) is 9.51. The third-order valence-electron chi connectivity index (χ3n) is 3.66. The van der Waals surface area contributed by atoms with E-state index in [0.717, 1.165) is 25.9 Å². The number of nitrogens with one attached hydrogen (secondary N) is 1. The van der Waals surface area contributed by atoms with Gasteiger partial charge in [-0.15, -0.1) is 0 Å². The highest BCUT2D eigenvalue weighted by atomic mass is 35.5. The molecule has 0 spiro atoms. The minimum Gasteiger partial charge on any atom is -0.337 e. The second-order valence-corrected chi connectivity index (χ2v) is 5.57. The van der Waals surface area contributed by atoms with Crippen molar-refractivity contribution in [2.24, 2.45) is 5.84 Å². The summed E-state index contributed by atoms with van der Waals surface area (Å²) < 4.78 is 0. The number of anilines is 1. The van der Waals surface area contributed by atoms with Crippen LogP contribution in [0.25, 0.3) is 0 Å². The zero-order chi connectivity index (χ0) is 14.7. The number of piperidine rings is 1. The van der Waals surface area contributed by atoms with Crippen molar-refractivity contribution in [2.45, 2.75) is 18.9 Å². The van der Waals surface area contributed by atoms with Gasteiger partial charge in [0.2, 0.25) is 0 Å². The van der Waals surface area contributed by atoms with Crippen LogP contribution >= 0.6 is 11.6 Å². The van der Waals surface area contributed by atoms with Crippen LogP contribution in [-0.4, -0.2) is 53.9 Å². The molecule has 1 aromatic heterocycles. The summed E-state index contributed by atoms with van der Waals surface area (Å²) in [4.78, 5) is 20.5. The number of nitrogens with two attached hydrogens (primary N) is 1. The second-order valence-electron chi connectivity index (χ2n) is 5.18. The normalized spacial score (nSPS) is 19.7. The van der Waals surface area contributed by atoms with E-state index in [0.29, 0.717) is 11.4 Å². The van der Waals surface area contributed by atoms with Crippen LogP contribution in [0.3, 0.4) is 0 Å². The highest BCUT2D eigenvalue weighted by molar-refractivity contribution is 6.29. The molecule has 1 unspecified atom stereocenters. The van der Waals surface area contributed by atoms with Gasteiger partial charge in [-0.25, -0.2) is 10.8 Å². The van der Waals surface area contributed by atoms with Crippen LogP contribution in [0.15, 0.2) is 12.1 Å². The Morgan fingerprint density at radius 2 is 2.35 bits per heavy atom. The molecule has 1 atom stereocenters. The molecule has 7 heteroatoms. The van der Waals surface area contributed by atoms with Gasteiger partial charge in [0, 0.05) is 25.2 Å². The highest BCUT2D eigenvalue weighted by Gasteiger charge is 2.25. The number of rotatable bonds is 3. The van der Waals surface area contributed by atoms with Gasteiger partial charge in [0.25, 0.3) is 5.91 Å². The molecule has 6 nitrogen and oxygen atoms in total. The minimum absolute atomic E-state index is 0.0638. The van der Waals surface area contributed by atoms with E-state index < -0.39 is 0 Å². The molecule has 1 fully saturated rings. The van der Waals surface area contributed by atoms with Gasteiger partial charge in [0.1, 0.15) is 11.0 Å². The lowest BCUT2D eigenvalue weighted by Gasteiger charge is -2.35. The lowest BCUT2D eigenvalue weighted by Crippen LogP contribution is -2.47. The van der Waals surface area contributed by atoms with Crippen molar-refractivity contribution in [2.75, 3.05) is 32.6 Å². The monoisotopic (exact) mass is 297 g/mol. The topological polar surface area (TPSA) is 74.5 Å². The van der Waals surface area contributed by atoms with Gasteiger partial charge in [0.05, 0.1) is 0 Å². The van der Waals surface area contributed by atoms with Crippen LogP contribution in [-0.2, 0) is 0 Å². The van der Waals surface area contributed by atoms with Crippen LogP contribution in [0.1, 0.15) is 23.2 Å². The predicted octanol–water partition coefficient (Wildman–Crippen LogP) is 1.19. The summed E-state index contributed by atoms with van der Waals surface area (Å²) in [6.07, 6.45) is 2.12. The standard InChI is InChI=1S/C13H20ClN5O/c1-18-5-3-4-10(8-18)19(2)13(20)9-6-11(14)16-12(7-9)17-15/h6-7,10H,3-5,8,15H2,1-2H3,(H,16,17). The SMILES string of the molecule is CN1CCCC(N(C)C(=O)c2cc(Cl)nc(NN)c2)C1. The number of halogens is 1. The molecule has 1 aliphatic rings. The summed E-state index contributed by atoms with van der Waals surface area (Å²) in [6, 6.07) is 3.40. The maximum atomic E-state index is 12.5. The van der Waals surface area contributed by atoms with Crippen LogP contribution in [0.5, 0.6) is 0 Å². The van der Waals surface area contributed by atoms with Crippen molar-refractivity contribution < 1.29 is 4.79 Å². The number of likely N-dealkylation sites (tertiary alicyclic amines) is 1. The molecule has 2 heterocycles. The Balaban J connectivity index is 2.15. The van der Waals surface area contributed by atoms with Crippen molar-refractivity contribution in [3.05, 3.63) is 22.8 Å². The number of hydrazine groups is 1. The Labute approximate surface area is 123 Å². The van der Waals surface area contributed by atoms with Gasteiger partial charge in [-0.05, 0) is 38.6 Å². The molecule has 1 aliphatic heterocycles. The van der Waals surface area contributed by atoms with Gasteiger partial charge in [-0.2, -0.15) is 0 Å². The Kier molecular flexibility index (Phi) is 4.80. The minimum atomic E-state index is -0.0638. The fourth-order valence-electron chi connectivity index (χ4n) is 2.52. The van der Waals surface area contributed by atoms with Crippen molar-refractivity contribution in [3.63, 3.8) is 0 Å². The molecule has 1 saturated heterocycles. The smallest absolute Gasteiger partial charge is 0.254 e. The third kappa shape index (κ3) is 3.39. The van der Waals surface area contributed by atoms with Gasteiger partial charge < -0.3 is 15.2 Å². The van der Waals surface area contributed by atoms with Gasteiger partial charge >= 0.3 is 0 Å². The number of hydrogen-bond acceptors (Lipinski definition) is 5. The molecule has 0 saturated carbocycles. The fourth-order valence-corrected chi connectivity index (χ4v) is 2.73. The van der Waals surface area contributed by atoms with Gasteiger partial charge in [0.15, 0.2) is 0 Å². The maximum Gasteiger partial charge on any atom is 0.254 e. The van der Waals surface area contributed by atoms with E-state index in [1.54, 1.807) is 17.0 Å². The van der Waals surface area contributed by atoms with Gasteiger partial charge in [-0.1, -0.05) is 11.6 Å². The number of nitrogen functional groups attached to an aromatic ring is 1. The number of nitrogens with zero attached hydrogens (tertiary/aromatic N) is 3. The van der Waals surface area contributed by atoms with E-state index in [1.165, 1.54) is 0 Å². The van der Waals surface area contributed by atoms with Crippen LogP contribution in [0.4, 0.5) is 5.82 Å². The first-order valence-electron chi connectivity index (χ1n) is 6.61. The molecule has 3 N–H and O–H groups in total. The zero-order valence-corrected chi connectivity index (χ0v) is 12.5. The van der Waals surface area contributed by atoms with E-state index in [1.807, 2.05) is 7.05 Å². The molecule has 1 aromatic rings. The largest absolute Gasteiger partial charge is 0.337 e. The van der Waals surface area contributed by atoms with Crippen LogP contribution in [0.2, 0.25) is 5.15 Å². The van der Waals surface area contributed by atoms with Crippen molar-refractivity contribution in [1.82, 2.24) is 14.8 Å². The summed E-state index contributed by atoms with van der Waals surface area (Å²) in [7, 11) is 3.90. The maximum absolute atomic E-state index is 12.5. The molecule has 0 radical (unpaired) electrons. The van der Waals surface area contributed by atoms with Crippen LogP contribution in [0, 0.1) is 0 Å². The van der Waals surface area contributed by atoms with E-state index in [9.17, 15) is 4.79 Å². The summed E-state index contributed by atoms with van der Waals surface area (Å²) in [6.45, 7) is 1.98. The summed E-state index contributed by atoms with van der Waals surface area (Å²) in [5.74, 6) is 5.64. The van der Waals surface area contributed by atoms with E-state index in [4.69, 9.17) is 17.4 Å². The quantitative estimate of drug-likeness (QED) is 0.498. The average Bonchev–Trinajstić information content (AvgIpc) is 2.45. The molecule has 110 valence electrons. The van der Waals surface area contributed by atoms with E-state index in [2.05, 4.69) is 22.4 Å². The van der Waals surface area contributed by atoms with Gasteiger partial charge in [-0.3, -0.25) is 4.79 Å². The summed E-state index contributed by atoms with van der Waals surface area (Å²) in [5, 5.41) is 0.248. The first-order valence-corrected chi connectivity index (χ1v) is 6.99. The number of amides is 1. The summed E-state index contributed by atoms with van der Waals surface area (Å²) >= 11 is 5.90. The first kappa shape index (κ1) is 15.0. The second kappa shape index (κ2) is 6.39.